The van der Waals surface area contributed by atoms with Gasteiger partial charge in [0.1, 0.15) is 0 Å². The van der Waals surface area contributed by atoms with Crippen LogP contribution in [0.4, 0.5) is 0 Å². The van der Waals surface area contributed by atoms with Crippen molar-refractivity contribution in [2.24, 2.45) is 58.2 Å². The molecule has 10 unspecified atom stereocenters. The molecule has 4 aliphatic rings. The monoisotopic (exact) mass is 372 g/mol. The van der Waals surface area contributed by atoms with Crippen LogP contribution in [0.25, 0.3) is 0 Å². The van der Waals surface area contributed by atoms with Gasteiger partial charge in [-0.3, -0.25) is 0 Å². The molecule has 4 saturated carbocycles. The lowest BCUT2D eigenvalue weighted by Crippen LogP contribution is -2.56. The highest BCUT2D eigenvalue weighted by molar-refractivity contribution is 5.11. The van der Waals surface area contributed by atoms with Gasteiger partial charge in [0, 0.05) is 0 Å². The molecule has 10 atom stereocenters. The Bertz CT molecular complexity index is 522. The minimum Gasteiger partial charge on any atom is -0.0654 e. The number of hydrogen-bond acceptors (Lipinski definition) is 0. The van der Waals surface area contributed by atoms with Crippen molar-refractivity contribution < 1.29 is 0 Å². The maximum Gasteiger partial charge on any atom is -0.0238 e. The molecule has 0 aromatic carbocycles. The van der Waals surface area contributed by atoms with Crippen molar-refractivity contribution in [1.29, 1.82) is 0 Å². The Morgan fingerprint density at radius 2 is 1.70 bits per heavy atom. The number of fused-ring (bicyclic) bond motifs is 5. The van der Waals surface area contributed by atoms with E-state index >= 15 is 0 Å². The molecule has 0 heterocycles. The summed E-state index contributed by atoms with van der Waals surface area (Å²) in [7, 11) is 0. The molecule has 0 bridgehead atoms. The van der Waals surface area contributed by atoms with Gasteiger partial charge < -0.3 is 0 Å². The Kier molecular flexibility index (Phi) is 5.53. The summed E-state index contributed by atoms with van der Waals surface area (Å²) in [5.74, 6) is 8.06. The molecule has 0 spiro atoms. The average Bonchev–Trinajstić information content (AvgIpc) is 3.00. The maximum absolute atomic E-state index is 2.76. The van der Waals surface area contributed by atoms with Crippen molar-refractivity contribution in [3.8, 4) is 0 Å². The lowest BCUT2D eigenvalue weighted by Gasteiger charge is -2.63. The highest BCUT2D eigenvalue weighted by atomic mass is 14.7. The van der Waals surface area contributed by atoms with Crippen LogP contribution in [0.15, 0.2) is 0 Å². The summed E-state index contributed by atoms with van der Waals surface area (Å²) in [4.78, 5) is 0. The van der Waals surface area contributed by atoms with Gasteiger partial charge in [-0.05, 0) is 103 Å². The fraction of sp³-hybridized carbons (Fsp3) is 1.00. The SMILES string of the molecule is CCCCC(C)C1CCC2C3CCC4CC(C)CCC4(C)C3CC(C)C12C. The van der Waals surface area contributed by atoms with Crippen LogP contribution >= 0.6 is 0 Å². The van der Waals surface area contributed by atoms with E-state index in [9.17, 15) is 0 Å². The number of hydrogen-bond donors (Lipinski definition) is 0. The van der Waals surface area contributed by atoms with E-state index < -0.39 is 0 Å². The number of rotatable bonds is 4. The lowest BCUT2D eigenvalue weighted by atomic mass is 9.42. The van der Waals surface area contributed by atoms with E-state index in [0.29, 0.717) is 10.8 Å². The molecule has 0 radical (unpaired) electrons. The van der Waals surface area contributed by atoms with Gasteiger partial charge in [-0.2, -0.15) is 0 Å². The predicted molar refractivity (Wildman–Crippen MR) is 118 cm³/mol. The van der Waals surface area contributed by atoms with Gasteiger partial charge in [-0.25, -0.2) is 0 Å². The maximum atomic E-state index is 2.76. The fourth-order valence-corrected chi connectivity index (χ4v) is 9.50. The van der Waals surface area contributed by atoms with Crippen LogP contribution in [-0.2, 0) is 0 Å². The minimum atomic E-state index is 0.638. The molecular formula is C27H48. The van der Waals surface area contributed by atoms with Gasteiger partial charge in [-0.15, -0.1) is 0 Å². The molecule has 156 valence electrons. The zero-order valence-electron chi connectivity index (χ0n) is 19.4. The van der Waals surface area contributed by atoms with Crippen molar-refractivity contribution >= 4 is 0 Å². The van der Waals surface area contributed by atoms with E-state index in [4.69, 9.17) is 0 Å². The molecule has 0 saturated heterocycles. The van der Waals surface area contributed by atoms with Crippen LogP contribution in [0.2, 0.25) is 0 Å². The van der Waals surface area contributed by atoms with E-state index in [-0.39, 0.29) is 0 Å². The normalized spacial score (nSPS) is 53.3. The van der Waals surface area contributed by atoms with E-state index in [1.54, 1.807) is 25.7 Å². The van der Waals surface area contributed by atoms with Gasteiger partial charge in [0.05, 0.1) is 0 Å². The summed E-state index contributed by atoms with van der Waals surface area (Å²) < 4.78 is 0. The number of unbranched alkanes of at least 4 members (excludes halogenated alkanes) is 1. The summed E-state index contributed by atoms with van der Waals surface area (Å²) in [6, 6.07) is 0. The lowest BCUT2D eigenvalue weighted by molar-refractivity contribution is -0.142. The van der Waals surface area contributed by atoms with E-state index in [0.717, 1.165) is 47.3 Å². The van der Waals surface area contributed by atoms with Crippen molar-refractivity contribution in [2.75, 3.05) is 0 Å². The summed E-state index contributed by atoms with van der Waals surface area (Å²) in [5, 5.41) is 0. The molecule has 0 N–H and O–H groups in total. The van der Waals surface area contributed by atoms with Gasteiger partial charge >= 0.3 is 0 Å². The van der Waals surface area contributed by atoms with E-state index in [1.165, 1.54) is 44.9 Å². The van der Waals surface area contributed by atoms with Gasteiger partial charge in [0.15, 0.2) is 0 Å². The summed E-state index contributed by atoms with van der Waals surface area (Å²) in [6.45, 7) is 15.7. The molecule has 4 rings (SSSR count). The van der Waals surface area contributed by atoms with Crippen molar-refractivity contribution in [3.05, 3.63) is 0 Å². The Balaban J connectivity index is 1.58. The fourth-order valence-electron chi connectivity index (χ4n) is 9.50. The first-order chi connectivity index (χ1) is 12.8. The molecular weight excluding hydrogens is 324 g/mol. The second-order valence-electron chi connectivity index (χ2n) is 12.3. The van der Waals surface area contributed by atoms with Gasteiger partial charge in [0.25, 0.3) is 0 Å². The molecule has 0 heteroatoms. The molecule has 0 aromatic heterocycles. The third-order valence-electron chi connectivity index (χ3n) is 11.3. The second-order valence-corrected chi connectivity index (χ2v) is 12.3. The molecule has 0 nitrogen and oxygen atoms in total. The first-order valence-corrected chi connectivity index (χ1v) is 12.8. The van der Waals surface area contributed by atoms with Gasteiger partial charge in [0.2, 0.25) is 0 Å². The third kappa shape index (κ3) is 3.06. The summed E-state index contributed by atoms with van der Waals surface area (Å²) >= 11 is 0. The van der Waals surface area contributed by atoms with Crippen molar-refractivity contribution in [2.45, 2.75) is 112 Å². The van der Waals surface area contributed by atoms with Crippen LogP contribution in [0.3, 0.4) is 0 Å². The molecule has 27 heavy (non-hydrogen) atoms. The third-order valence-corrected chi connectivity index (χ3v) is 11.3. The van der Waals surface area contributed by atoms with Crippen LogP contribution in [0.1, 0.15) is 112 Å². The average molecular weight is 373 g/mol. The first kappa shape index (κ1) is 20.3. The molecule has 4 fully saturated rings. The molecule has 0 aromatic rings. The molecule has 0 amide bonds. The highest BCUT2D eigenvalue weighted by Gasteiger charge is 2.62. The summed E-state index contributed by atoms with van der Waals surface area (Å²) in [6.07, 6.45) is 16.6. The van der Waals surface area contributed by atoms with Crippen molar-refractivity contribution in [3.63, 3.8) is 0 Å². The Morgan fingerprint density at radius 1 is 0.926 bits per heavy atom. The smallest absolute Gasteiger partial charge is 0.0238 e. The zero-order chi connectivity index (χ0) is 19.4. The van der Waals surface area contributed by atoms with Crippen LogP contribution in [-0.4, -0.2) is 0 Å². The van der Waals surface area contributed by atoms with Crippen LogP contribution in [0.5, 0.6) is 0 Å². The predicted octanol–water partition coefficient (Wildman–Crippen LogP) is 8.35. The first-order valence-electron chi connectivity index (χ1n) is 12.8. The Morgan fingerprint density at radius 3 is 2.44 bits per heavy atom. The van der Waals surface area contributed by atoms with E-state index in [1.807, 2.05) is 0 Å². The topological polar surface area (TPSA) is 0 Å². The standard InChI is InChI=1S/C27H48/c1-7-8-9-19(3)23-12-13-24-22-11-10-21-16-18(2)14-15-26(21,5)25(22)17-20(4)27(23,24)6/h18-25H,7-17H2,1-6H3. The molecule has 4 aliphatic carbocycles. The van der Waals surface area contributed by atoms with Crippen LogP contribution < -0.4 is 0 Å². The minimum absolute atomic E-state index is 0.638. The zero-order valence-corrected chi connectivity index (χ0v) is 19.4. The largest absolute Gasteiger partial charge is 0.0654 e. The van der Waals surface area contributed by atoms with Gasteiger partial charge in [-0.1, -0.05) is 67.2 Å². The highest BCUT2D eigenvalue weighted by Crippen LogP contribution is 2.70. The second kappa shape index (κ2) is 7.36. The van der Waals surface area contributed by atoms with E-state index in [2.05, 4.69) is 41.5 Å². The molecule has 0 aliphatic heterocycles. The van der Waals surface area contributed by atoms with Crippen LogP contribution in [0, 0.1) is 58.2 Å². The summed E-state index contributed by atoms with van der Waals surface area (Å²) in [5.41, 5.74) is 1.32. The van der Waals surface area contributed by atoms with Crippen molar-refractivity contribution in [1.82, 2.24) is 0 Å². The Hall–Kier alpha value is 0. The quantitative estimate of drug-likeness (QED) is 0.465. The Labute approximate surface area is 170 Å².